The number of aliphatic hydroxyl groups excluding tert-OH is 2. The summed E-state index contributed by atoms with van der Waals surface area (Å²) in [5.74, 6) is 1.02. The Morgan fingerprint density at radius 2 is 1.84 bits per heavy atom. The molecular weight excluding hydrogens is 322 g/mol. The highest BCUT2D eigenvalue weighted by Gasteiger charge is 2.26. The molecule has 1 aliphatic heterocycles. The van der Waals surface area contributed by atoms with Crippen LogP contribution in [-0.2, 0) is 4.74 Å². The largest absolute Gasteiger partial charge is 0.378 e. The summed E-state index contributed by atoms with van der Waals surface area (Å²) >= 11 is 0. The van der Waals surface area contributed by atoms with Crippen molar-refractivity contribution in [3.05, 3.63) is 18.3 Å². The van der Waals surface area contributed by atoms with Crippen molar-refractivity contribution >= 4 is 22.8 Å². The van der Waals surface area contributed by atoms with Gasteiger partial charge in [0.25, 0.3) is 0 Å². The number of hydrogen-bond acceptors (Lipinski definition) is 8. The smallest absolute Gasteiger partial charge is 0.232 e. The zero-order valence-corrected chi connectivity index (χ0v) is 14.7. The lowest BCUT2D eigenvalue weighted by molar-refractivity contribution is 0.0777. The van der Waals surface area contributed by atoms with Crippen molar-refractivity contribution in [3.63, 3.8) is 0 Å². The zero-order chi connectivity index (χ0) is 17.8. The first kappa shape index (κ1) is 17.8. The Morgan fingerprint density at radius 3 is 2.48 bits per heavy atom. The highest BCUT2D eigenvalue weighted by molar-refractivity contribution is 5.86. The van der Waals surface area contributed by atoms with Gasteiger partial charge in [-0.15, -0.1) is 0 Å². The molecule has 8 heteroatoms. The molecule has 0 amide bonds. The number of aliphatic hydroxyl groups is 2. The van der Waals surface area contributed by atoms with Gasteiger partial charge in [-0.2, -0.15) is 4.98 Å². The van der Waals surface area contributed by atoms with E-state index < -0.39 is 12.5 Å². The lowest BCUT2D eigenvalue weighted by atomic mass is 10.3. The SMILES string of the molecule is CCC(O)N(c1nc(N2CCOCC2)c2ncccc2n1)C(O)CC. The van der Waals surface area contributed by atoms with Gasteiger partial charge in [-0.1, -0.05) is 13.8 Å². The van der Waals surface area contributed by atoms with Crippen LogP contribution < -0.4 is 9.80 Å². The van der Waals surface area contributed by atoms with Gasteiger partial charge in [-0.3, -0.25) is 9.88 Å². The summed E-state index contributed by atoms with van der Waals surface area (Å²) in [6.45, 7) is 6.40. The first-order valence-corrected chi connectivity index (χ1v) is 8.75. The normalized spacial score (nSPS) is 17.5. The van der Waals surface area contributed by atoms with Crippen LogP contribution in [0.5, 0.6) is 0 Å². The molecule has 2 N–H and O–H groups in total. The minimum Gasteiger partial charge on any atom is -0.378 e. The predicted octanol–water partition coefficient (Wildman–Crippen LogP) is 1.12. The van der Waals surface area contributed by atoms with Gasteiger partial charge < -0.3 is 19.8 Å². The van der Waals surface area contributed by atoms with Crippen LogP contribution in [0.15, 0.2) is 18.3 Å². The van der Waals surface area contributed by atoms with Crippen molar-refractivity contribution in [2.24, 2.45) is 0 Å². The molecule has 3 rings (SSSR count). The molecule has 2 atom stereocenters. The lowest BCUT2D eigenvalue weighted by Crippen LogP contribution is -2.44. The van der Waals surface area contributed by atoms with E-state index in [1.54, 1.807) is 6.20 Å². The molecule has 3 heterocycles. The number of pyridine rings is 1. The van der Waals surface area contributed by atoms with Gasteiger partial charge in [-0.05, 0) is 25.0 Å². The van der Waals surface area contributed by atoms with E-state index in [9.17, 15) is 10.2 Å². The number of morpholine rings is 1. The number of aromatic nitrogens is 3. The molecule has 0 spiro atoms. The number of anilines is 2. The fourth-order valence-corrected chi connectivity index (χ4v) is 2.91. The summed E-state index contributed by atoms with van der Waals surface area (Å²) in [7, 11) is 0. The molecule has 1 aliphatic rings. The molecule has 1 fully saturated rings. The Labute approximate surface area is 147 Å². The molecule has 0 aromatic carbocycles. The molecule has 2 aromatic heterocycles. The van der Waals surface area contributed by atoms with Crippen LogP contribution >= 0.6 is 0 Å². The Morgan fingerprint density at radius 1 is 1.16 bits per heavy atom. The third kappa shape index (κ3) is 3.65. The van der Waals surface area contributed by atoms with Crippen LogP contribution in [0, 0.1) is 0 Å². The third-order valence-electron chi connectivity index (χ3n) is 4.34. The molecular formula is C17H25N5O3. The van der Waals surface area contributed by atoms with Crippen molar-refractivity contribution in [3.8, 4) is 0 Å². The van der Waals surface area contributed by atoms with Gasteiger partial charge in [0.05, 0.1) is 18.7 Å². The number of rotatable bonds is 6. The second kappa shape index (κ2) is 7.90. The van der Waals surface area contributed by atoms with E-state index in [-0.39, 0.29) is 0 Å². The van der Waals surface area contributed by atoms with E-state index in [2.05, 4.69) is 19.9 Å². The highest BCUT2D eigenvalue weighted by Crippen LogP contribution is 2.27. The van der Waals surface area contributed by atoms with E-state index in [4.69, 9.17) is 4.74 Å². The van der Waals surface area contributed by atoms with Crippen molar-refractivity contribution in [2.75, 3.05) is 36.1 Å². The average molecular weight is 347 g/mol. The van der Waals surface area contributed by atoms with Crippen LogP contribution in [0.25, 0.3) is 11.0 Å². The third-order valence-corrected chi connectivity index (χ3v) is 4.34. The van der Waals surface area contributed by atoms with E-state index in [1.807, 2.05) is 26.0 Å². The molecule has 136 valence electrons. The van der Waals surface area contributed by atoms with Crippen molar-refractivity contribution in [1.29, 1.82) is 0 Å². The Bertz CT molecular complexity index is 698. The number of hydrogen-bond donors (Lipinski definition) is 2. The minimum atomic E-state index is -0.860. The van der Waals surface area contributed by atoms with Gasteiger partial charge in [0.15, 0.2) is 5.82 Å². The zero-order valence-electron chi connectivity index (χ0n) is 14.7. The standard InChI is InChI=1S/C17H25N5O3/c1-3-13(23)22(14(24)4-2)17-19-12-6-5-7-18-15(12)16(20-17)21-8-10-25-11-9-21/h5-7,13-14,23-24H,3-4,8-11H2,1-2H3. The molecule has 0 bridgehead atoms. The summed E-state index contributed by atoms with van der Waals surface area (Å²) in [4.78, 5) is 17.2. The Balaban J connectivity index is 2.11. The summed E-state index contributed by atoms with van der Waals surface area (Å²) in [5, 5.41) is 20.8. The molecule has 25 heavy (non-hydrogen) atoms. The first-order chi connectivity index (χ1) is 12.2. The molecule has 2 aromatic rings. The van der Waals surface area contributed by atoms with Gasteiger partial charge >= 0.3 is 0 Å². The number of fused-ring (bicyclic) bond motifs is 1. The fourth-order valence-electron chi connectivity index (χ4n) is 2.91. The maximum atomic E-state index is 10.4. The molecule has 2 unspecified atom stereocenters. The van der Waals surface area contributed by atoms with E-state index >= 15 is 0 Å². The summed E-state index contributed by atoms with van der Waals surface area (Å²) < 4.78 is 5.43. The van der Waals surface area contributed by atoms with Crippen molar-refractivity contribution in [1.82, 2.24) is 15.0 Å². The van der Waals surface area contributed by atoms with E-state index in [0.29, 0.717) is 48.9 Å². The van der Waals surface area contributed by atoms with Crippen LogP contribution in [-0.4, -0.2) is 63.9 Å². The van der Waals surface area contributed by atoms with Gasteiger partial charge in [0.1, 0.15) is 18.0 Å². The average Bonchev–Trinajstić information content (AvgIpc) is 2.67. The quantitative estimate of drug-likeness (QED) is 0.751. The van der Waals surface area contributed by atoms with Crippen LogP contribution in [0.2, 0.25) is 0 Å². The van der Waals surface area contributed by atoms with E-state index in [1.165, 1.54) is 4.90 Å². The monoisotopic (exact) mass is 347 g/mol. The van der Waals surface area contributed by atoms with Crippen LogP contribution in [0.4, 0.5) is 11.8 Å². The summed E-state index contributed by atoms with van der Waals surface area (Å²) in [5.41, 5.74) is 1.40. The number of ether oxygens (including phenoxy) is 1. The molecule has 0 saturated carbocycles. The number of nitrogens with zero attached hydrogens (tertiary/aromatic N) is 5. The van der Waals surface area contributed by atoms with Crippen LogP contribution in [0.1, 0.15) is 26.7 Å². The van der Waals surface area contributed by atoms with Crippen LogP contribution in [0.3, 0.4) is 0 Å². The second-order valence-electron chi connectivity index (χ2n) is 6.00. The predicted molar refractivity (Wildman–Crippen MR) is 95.4 cm³/mol. The molecule has 8 nitrogen and oxygen atoms in total. The summed E-state index contributed by atoms with van der Waals surface area (Å²) in [6, 6.07) is 3.69. The Hall–Kier alpha value is -2.03. The van der Waals surface area contributed by atoms with Crippen molar-refractivity contribution in [2.45, 2.75) is 39.1 Å². The minimum absolute atomic E-state index is 0.311. The van der Waals surface area contributed by atoms with Gasteiger partial charge in [0, 0.05) is 19.3 Å². The molecule has 0 aliphatic carbocycles. The van der Waals surface area contributed by atoms with Gasteiger partial charge in [-0.25, -0.2) is 4.98 Å². The molecule has 1 saturated heterocycles. The first-order valence-electron chi connectivity index (χ1n) is 8.75. The Kier molecular flexibility index (Phi) is 5.62. The fraction of sp³-hybridized carbons (Fsp3) is 0.588. The lowest BCUT2D eigenvalue weighted by Gasteiger charge is -2.33. The van der Waals surface area contributed by atoms with E-state index in [0.717, 1.165) is 13.1 Å². The topological polar surface area (TPSA) is 94.8 Å². The second-order valence-corrected chi connectivity index (χ2v) is 6.00. The van der Waals surface area contributed by atoms with Crippen molar-refractivity contribution < 1.29 is 14.9 Å². The maximum absolute atomic E-state index is 10.4. The van der Waals surface area contributed by atoms with Gasteiger partial charge in [0.2, 0.25) is 5.95 Å². The maximum Gasteiger partial charge on any atom is 0.232 e. The highest BCUT2D eigenvalue weighted by atomic mass is 16.5. The summed E-state index contributed by atoms with van der Waals surface area (Å²) in [6.07, 6.45) is 0.911. The molecule has 0 radical (unpaired) electrons.